The lowest BCUT2D eigenvalue weighted by Crippen LogP contribution is -2.41. The minimum Gasteiger partial charge on any atom is -0.481 e. The molecule has 2 saturated heterocycles. The average molecular weight is 331 g/mol. The Bertz CT molecular complexity index is 654. The Hall–Kier alpha value is -1.62. The second-order valence-electron chi connectivity index (χ2n) is 8.17. The van der Waals surface area contributed by atoms with Crippen LogP contribution in [0.4, 0.5) is 0 Å². The minimum atomic E-state index is -0.926. The van der Waals surface area contributed by atoms with Gasteiger partial charge in [-0.25, -0.2) is 0 Å². The zero-order valence-corrected chi connectivity index (χ0v) is 14.4. The molecular formula is C19H25NO4. The van der Waals surface area contributed by atoms with E-state index in [0.717, 1.165) is 6.42 Å². The predicted octanol–water partition coefficient (Wildman–Crippen LogP) is 2.09. The molecule has 1 spiro atoms. The highest BCUT2D eigenvalue weighted by Gasteiger charge is 2.67. The van der Waals surface area contributed by atoms with Gasteiger partial charge in [0.05, 0.1) is 18.6 Å². The molecule has 0 radical (unpaired) electrons. The molecule has 1 amide bonds. The first kappa shape index (κ1) is 15.9. The fourth-order valence-electron chi connectivity index (χ4n) is 5.43. The molecule has 130 valence electrons. The zero-order valence-electron chi connectivity index (χ0n) is 14.4. The lowest BCUT2D eigenvalue weighted by molar-refractivity contribution is -0.148. The van der Waals surface area contributed by atoms with Crippen LogP contribution in [0.15, 0.2) is 23.8 Å². The van der Waals surface area contributed by atoms with Crippen LogP contribution >= 0.6 is 0 Å². The largest absolute Gasteiger partial charge is 0.481 e. The van der Waals surface area contributed by atoms with Crippen molar-refractivity contribution in [1.29, 1.82) is 0 Å². The van der Waals surface area contributed by atoms with Gasteiger partial charge in [-0.15, -0.1) is 0 Å². The first-order chi connectivity index (χ1) is 11.3. The average Bonchev–Trinajstić information content (AvgIpc) is 3.11. The van der Waals surface area contributed by atoms with Crippen molar-refractivity contribution < 1.29 is 19.4 Å². The molecular weight excluding hydrogens is 306 g/mol. The second kappa shape index (κ2) is 5.19. The van der Waals surface area contributed by atoms with Crippen molar-refractivity contribution in [2.45, 2.75) is 38.9 Å². The maximum atomic E-state index is 13.0. The Morgan fingerprint density at radius 2 is 2.21 bits per heavy atom. The number of carbonyl (C=O) groups excluding carboxylic acids is 1. The van der Waals surface area contributed by atoms with Gasteiger partial charge in [-0.3, -0.25) is 9.59 Å². The fourth-order valence-corrected chi connectivity index (χ4v) is 5.43. The first-order valence-electron chi connectivity index (χ1n) is 8.88. The summed E-state index contributed by atoms with van der Waals surface area (Å²) in [5.41, 5.74) is 0.711. The van der Waals surface area contributed by atoms with Gasteiger partial charge < -0.3 is 14.7 Å². The van der Waals surface area contributed by atoms with Gasteiger partial charge >= 0.3 is 5.97 Å². The number of allylic oxidation sites excluding steroid dienone is 2. The van der Waals surface area contributed by atoms with E-state index in [0.29, 0.717) is 30.8 Å². The SMILES string of the molecule is CC1=C[C@@H](C)[C@H](CN2C[C@@]34C=C[C@@H](O3)[C@H](C(=O)O)[C@H]4C2=O)[C@@H](C)C1. The van der Waals surface area contributed by atoms with Crippen molar-refractivity contribution in [2.75, 3.05) is 13.1 Å². The molecule has 0 aromatic carbocycles. The third-order valence-electron chi connectivity index (χ3n) is 6.49. The van der Waals surface area contributed by atoms with E-state index in [1.807, 2.05) is 17.1 Å². The summed E-state index contributed by atoms with van der Waals surface area (Å²) in [6.45, 7) is 7.82. The van der Waals surface area contributed by atoms with Crippen LogP contribution in [-0.2, 0) is 14.3 Å². The summed E-state index contributed by atoms with van der Waals surface area (Å²) in [6, 6.07) is 0. The summed E-state index contributed by atoms with van der Waals surface area (Å²) >= 11 is 0. The summed E-state index contributed by atoms with van der Waals surface area (Å²) < 4.78 is 5.95. The van der Waals surface area contributed by atoms with Crippen LogP contribution in [0.1, 0.15) is 27.2 Å². The number of likely N-dealkylation sites (tertiary alicyclic amines) is 1. The van der Waals surface area contributed by atoms with Crippen LogP contribution in [0.3, 0.4) is 0 Å². The maximum absolute atomic E-state index is 13.0. The number of nitrogens with zero attached hydrogens (tertiary/aromatic N) is 1. The lowest BCUT2D eigenvalue weighted by atomic mass is 9.75. The van der Waals surface area contributed by atoms with Crippen LogP contribution in [0.25, 0.3) is 0 Å². The fraction of sp³-hybridized carbons (Fsp3) is 0.684. The van der Waals surface area contributed by atoms with Gasteiger partial charge in [-0.05, 0) is 31.1 Å². The maximum Gasteiger partial charge on any atom is 0.310 e. The smallest absolute Gasteiger partial charge is 0.310 e. The normalized spacial score (nSPS) is 46.4. The first-order valence-corrected chi connectivity index (χ1v) is 8.88. The van der Waals surface area contributed by atoms with Crippen molar-refractivity contribution in [3.63, 3.8) is 0 Å². The summed E-state index contributed by atoms with van der Waals surface area (Å²) in [6.07, 6.45) is 6.69. The number of carbonyl (C=O) groups is 2. The number of fused-ring (bicyclic) bond motifs is 1. The molecule has 0 aromatic heterocycles. The molecule has 1 N–H and O–H groups in total. The van der Waals surface area contributed by atoms with E-state index in [4.69, 9.17) is 4.74 Å². The van der Waals surface area contributed by atoms with Crippen LogP contribution in [0.2, 0.25) is 0 Å². The van der Waals surface area contributed by atoms with Gasteiger partial charge in [0.1, 0.15) is 11.5 Å². The van der Waals surface area contributed by atoms with Gasteiger partial charge in [-0.2, -0.15) is 0 Å². The Labute approximate surface area is 142 Å². The van der Waals surface area contributed by atoms with E-state index in [-0.39, 0.29) is 5.91 Å². The molecule has 5 nitrogen and oxygen atoms in total. The van der Waals surface area contributed by atoms with Gasteiger partial charge in [0.2, 0.25) is 5.91 Å². The van der Waals surface area contributed by atoms with E-state index < -0.39 is 29.5 Å². The number of carboxylic acids is 1. The molecule has 0 unspecified atom stereocenters. The molecule has 0 saturated carbocycles. The summed E-state index contributed by atoms with van der Waals surface area (Å²) in [5.74, 6) is -0.893. The van der Waals surface area contributed by atoms with Crippen LogP contribution < -0.4 is 0 Å². The third kappa shape index (κ3) is 2.10. The summed E-state index contributed by atoms with van der Waals surface area (Å²) in [4.78, 5) is 26.5. The number of amides is 1. The zero-order chi connectivity index (χ0) is 17.2. The molecule has 5 heteroatoms. The number of aliphatic carboxylic acids is 1. The standard InChI is InChI=1S/C19H25NO4/c1-10-6-11(2)13(12(3)7-10)8-20-9-19-5-4-14(24-19)15(18(22)23)16(19)17(20)21/h4-6,11-16H,7-9H2,1-3H3,(H,22,23)/t11-,12+,13+,14-,15+,16+,19-/m1/s1. The summed E-state index contributed by atoms with van der Waals surface area (Å²) in [7, 11) is 0. The molecule has 2 fully saturated rings. The van der Waals surface area contributed by atoms with E-state index >= 15 is 0 Å². The van der Waals surface area contributed by atoms with E-state index in [1.54, 1.807) is 0 Å². The van der Waals surface area contributed by atoms with Crippen molar-refractivity contribution >= 4 is 11.9 Å². The quantitative estimate of drug-likeness (QED) is 0.804. The van der Waals surface area contributed by atoms with E-state index in [1.165, 1.54) is 5.57 Å². The topological polar surface area (TPSA) is 66.8 Å². The van der Waals surface area contributed by atoms with Crippen molar-refractivity contribution in [3.05, 3.63) is 23.8 Å². The predicted molar refractivity (Wildman–Crippen MR) is 88.1 cm³/mol. The molecule has 0 aromatic rings. The van der Waals surface area contributed by atoms with Crippen molar-refractivity contribution in [3.8, 4) is 0 Å². The van der Waals surface area contributed by atoms with Crippen LogP contribution in [0, 0.1) is 29.6 Å². The Morgan fingerprint density at radius 1 is 1.46 bits per heavy atom. The van der Waals surface area contributed by atoms with Gasteiger partial charge in [0, 0.05) is 6.54 Å². The van der Waals surface area contributed by atoms with Crippen molar-refractivity contribution in [1.82, 2.24) is 4.90 Å². The highest BCUT2D eigenvalue weighted by atomic mass is 16.5. The number of carboxylic acid groups (broad SMARTS) is 1. The number of ether oxygens (including phenoxy) is 1. The molecule has 2 bridgehead atoms. The number of rotatable bonds is 3. The Kier molecular flexibility index (Phi) is 3.43. The number of hydrogen-bond acceptors (Lipinski definition) is 3. The molecule has 1 aliphatic carbocycles. The van der Waals surface area contributed by atoms with E-state index in [2.05, 4.69) is 26.8 Å². The van der Waals surface area contributed by atoms with Gasteiger partial charge in [0.15, 0.2) is 0 Å². The Morgan fingerprint density at radius 3 is 2.88 bits per heavy atom. The van der Waals surface area contributed by atoms with Crippen LogP contribution in [0.5, 0.6) is 0 Å². The van der Waals surface area contributed by atoms with Crippen LogP contribution in [-0.4, -0.2) is 46.7 Å². The van der Waals surface area contributed by atoms with Gasteiger partial charge in [0.25, 0.3) is 0 Å². The molecule has 3 aliphatic heterocycles. The van der Waals surface area contributed by atoms with E-state index in [9.17, 15) is 14.7 Å². The highest BCUT2D eigenvalue weighted by Crippen LogP contribution is 2.52. The minimum absolute atomic E-state index is 0.0417. The monoisotopic (exact) mass is 331 g/mol. The highest BCUT2D eigenvalue weighted by molar-refractivity contribution is 5.90. The number of hydrogen-bond donors (Lipinski definition) is 1. The lowest BCUT2D eigenvalue weighted by Gasteiger charge is -2.36. The van der Waals surface area contributed by atoms with Crippen molar-refractivity contribution in [2.24, 2.45) is 29.6 Å². The third-order valence-corrected chi connectivity index (χ3v) is 6.49. The summed E-state index contributed by atoms with van der Waals surface area (Å²) in [5, 5.41) is 9.53. The molecule has 4 aliphatic rings. The molecule has 7 atom stereocenters. The molecule has 3 heterocycles. The molecule has 4 rings (SSSR count). The van der Waals surface area contributed by atoms with Gasteiger partial charge in [-0.1, -0.05) is 37.6 Å². The second-order valence-corrected chi connectivity index (χ2v) is 8.17. The molecule has 24 heavy (non-hydrogen) atoms. The Balaban J connectivity index is 1.56.